The molecule has 1 N–H and O–H groups in total. The van der Waals surface area contributed by atoms with E-state index in [1.807, 2.05) is 5.38 Å². The molecule has 1 aromatic heterocycles. The van der Waals surface area contributed by atoms with Crippen LogP contribution in [-0.2, 0) is 6.54 Å². The Morgan fingerprint density at radius 1 is 1.53 bits per heavy atom. The van der Waals surface area contributed by atoms with Gasteiger partial charge in [-0.1, -0.05) is 11.6 Å². The van der Waals surface area contributed by atoms with Crippen LogP contribution in [0.5, 0.6) is 0 Å². The summed E-state index contributed by atoms with van der Waals surface area (Å²) in [5.74, 6) is 0. The summed E-state index contributed by atoms with van der Waals surface area (Å²) in [6.45, 7) is 0.435. The van der Waals surface area contributed by atoms with Gasteiger partial charge in [0, 0.05) is 16.5 Å². The smallest absolute Gasteiger partial charge is 0.292 e. The largest absolute Gasteiger partial charge is 0.374 e. The third-order valence-electron chi connectivity index (χ3n) is 2.10. The highest BCUT2D eigenvalue weighted by atomic mass is 35.5. The number of hydrogen-bond donors (Lipinski definition) is 1. The molecule has 0 saturated carbocycles. The van der Waals surface area contributed by atoms with E-state index in [1.165, 1.54) is 29.5 Å². The van der Waals surface area contributed by atoms with Crippen LogP contribution in [0, 0.1) is 10.1 Å². The summed E-state index contributed by atoms with van der Waals surface area (Å²) in [6.07, 6.45) is 0. The minimum absolute atomic E-state index is 0.00429. The van der Waals surface area contributed by atoms with Gasteiger partial charge in [-0.25, -0.2) is 4.98 Å². The molecule has 0 unspecified atom stereocenters. The lowest BCUT2D eigenvalue weighted by molar-refractivity contribution is -0.384. The van der Waals surface area contributed by atoms with Crippen LogP contribution in [0.2, 0.25) is 5.02 Å². The number of rotatable bonds is 4. The number of nitro benzene ring substituents is 1. The Morgan fingerprint density at radius 3 is 3.00 bits per heavy atom. The van der Waals surface area contributed by atoms with Gasteiger partial charge >= 0.3 is 0 Å². The lowest BCUT2D eigenvalue weighted by Gasteiger charge is -2.05. The molecule has 0 aliphatic carbocycles. The van der Waals surface area contributed by atoms with E-state index in [0.717, 1.165) is 5.69 Å². The molecular formula is C10H8ClN3O2S. The first kappa shape index (κ1) is 11.8. The van der Waals surface area contributed by atoms with Crippen LogP contribution < -0.4 is 5.32 Å². The second-order valence-corrected chi connectivity index (χ2v) is 4.41. The Bertz CT molecular complexity index is 530. The van der Waals surface area contributed by atoms with Crippen molar-refractivity contribution < 1.29 is 4.92 Å². The summed E-state index contributed by atoms with van der Waals surface area (Å²) >= 11 is 7.28. The first-order chi connectivity index (χ1) is 8.16. The van der Waals surface area contributed by atoms with E-state index in [-0.39, 0.29) is 5.69 Å². The molecular weight excluding hydrogens is 262 g/mol. The van der Waals surface area contributed by atoms with Crippen LogP contribution in [0.4, 0.5) is 11.4 Å². The lowest BCUT2D eigenvalue weighted by Crippen LogP contribution is -2.02. The van der Waals surface area contributed by atoms with E-state index in [1.54, 1.807) is 5.51 Å². The fourth-order valence-electron chi connectivity index (χ4n) is 1.32. The van der Waals surface area contributed by atoms with Crippen molar-refractivity contribution >= 4 is 34.3 Å². The first-order valence-corrected chi connectivity index (χ1v) is 6.04. The van der Waals surface area contributed by atoms with E-state index in [2.05, 4.69) is 10.3 Å². The molecule has 0 saturated heterocycles. The molecule has 0 spiro atoms. The van der Waals surface area contributed by atoms with Gasteiger partial charge in [-0.3, -0.25) is 10.1 Å². The molecule has 2 rings (SSSR count). The quantitative estimate of drug-likeness (QED) is 0.683. The maximum absolute atomic E-state index is 10.8. The van der Waals surface area contributed by atoms with Crippen molar-refractivity contribution in [2.45, 2.75) is 6.54 Å². The molecule has 7 heteroatoms. The predicted octanol–water partition coefficient (Wildman–Crippen LogP) is 3.32. The van der Waals surface area contributed by atoms with Crippen molar-refractivity contribution in [3.63, 3.8) is 0 Å². The summed E-state index contributed by atoms with van der Waals surface area (Å²) < 4.78 is 0. The molecule has 0 aliphatic rings. The Labute approximate surface area is 106 Å². The molecule has 0 aliphatic heterocycles. The van der Waals surface area contributed by atoms with Gasteiger partial charge in [0.15, 0.2) is 0 Å². The highest BCUT2D eigenvalue weighted by molar-refractivity contribution is 7.07. The van der Waals surface area contributed by atoms with Gasteiger partial charge < -0.3 is 5.32 Å². The van der Waals surface area contributed by atoms with Crippen LogP contribution in [-0.4, -0.2) is 9.91 Å². The van der Waals surface area contributed by atoms with Crippen LogP contribution in [0.1, 0.15) is 5.69 Å². The minimum Gasteiger partial charge on any atom is -0.374 e. The normalized spacial score (nSPS) is 10.2. The topological polar surface area (TPSA) is 68.1 Å². The number of halogens is 1. The highest BCUT2D eigenvalue weighted by Crippen LogP contribution is 2.27. The van der Waals surface area contributed by atoms with Crippen molar-refractivity contribution in [3.05, 3.63) is 49.9 Å². The molecule has 1 heterocycles. The fourth-order valence-corrected chi connectivity index (χ4v) is 2.05. The van der Waals surface area contributed by atoms with Crippen LogP contribution >= 0.6 is 22.9 Å². The fraction of sp³-hybridized carbons (Fsp3) is 0.100. The Kier molecular flexibility index (Phi) is 3.55. The van der Waals surface area contributed by atoms with Crippen LogP contribution in [0.3, 0.4) is 0 Å². The molecule has 0 radical (unpaired) electrons. The monoisotopic (exact) mass is 269 g/mol. The third-order valence-corrected chi connectivity index (χ3v) is 2.97. The van der Waals surface area contributed by atoms with Crippen molar-refractivity contribution in [1.29, 1.82) is 0 Å². The number of thiazole rings is 1. The number of anilines is 1. The summed E-state index contributed by atoms with van der Waals surface area (Å²) in [5, 5.41) is 16.1. The molecule has 88 valence electrons. The first-order valence-electron chi connectivity index (χ1n) is 4.71. The van der Waals surface area contributed by atoms with Crippen molar-refractivity contribution in [3.8, 4) is 0 Å². The zero-order valence-electron chi connectivity index (χ0n) is 8.59. The maximum atomic E-state index is 10.8. The van der Waals surface area contributed by atoms with Gasteiger partial charge in [-0.15, -0.1) is 11.3 Å². The van der Waals surface area contributed by atoms with Crippen LogP contribution in [0.25, 0.3) is 0 Å². The number of benzene rings is 1. The van der Waals surface area contributed by atoms with Gasteiger partial charge in [0.05, 0.1) is 22.7 Å². The van der Waals surface area contributed by atoms with Gasteiger partial charge in [0.1, 0.15) is 5.69 Å². The van der Waals surface area contributed by atoms with Crippen molar-refractivity contribution in [2.24, 2.45) is 0 Å². The third kappa shape index (κ3) is 2.92. The summed E-state index contributed by atoms with van der Waals surface area (Å²) in [5.41, 5.74) is 2.95. The number of hydrogen-bond acceptors (Lipinski definition) is 5. The Hall–Kier alpha value is -1.66. The van der Waals surface area contributed by atoms with E-state index in [4.69, 9.17) is 11.6 Å². The predicted molar refractivity (Wildman–Crippen MR) is 67.5 cm³/mol. The number of nitro groups is 1. The average molecular weight is 270 g/mol. The zero-order valence-corrected chi connectivity index (χ0v) is 10.2. The second-order valence-electron chi connectivity index (χ2n) is 3.25. The van der Waals surface area contributed by atoms with Gasteiger partial charge in [0.2, 0.25) is 0 Å². The van der Waals surface area contributed by atoms with Gasteiger partial charge in [-0.2, -0.15) is 0 Å². The zero-order chi connectivity index (χ0) is 12.3. The molecule has 0 atom stereocenters. The van der Waals surface area contributed by atoms with Crippen molar-refractivity contribution in [2.75, 3.05) is 5.32 Å². The molecule has 0 amide bonds. The summed E-state index contributed by atoms with van der Waals surface area (Å²) in [4.78, 5) is 14.4. The molecule has 0 bridgehead atoms. The standard InChI is InChI=1S/C10H8ClN3O2S/c11-7-1-2-10(14(15)16)9(3-7)12-4-8-5-17-6-13-8/h1-3,5-6,12H,4H2. The minimum atomic E-state index is -0.445. The van der Waals surface area contributed by atoms with E-state index in [0.29, 0.717) is 17.3 Å². The maximum Gasteiger partial charge on any atom is 0.292 e. The van der Waals surface area contributed by atoms with E-state index >= 15 is 0 Å². The Balaban J connectivity index is 2.19. The molecule has 1 aromatic carbocycles. The molecule has 0 fully saturated rings. The molecule has 17 heavy (non-hydrogen) atoms. The lowest BCUT2D eigenvalue weighted by atomic mass is 10.2. The second kappa shape index (κ2) is 5.11. The number of nitrogens with zero attached hydrogens (tertiary/aromatic N) is 2. The van der Waals surface area contributed by atoms with E-state index < -0.39 is 4.92 Å². The Morgan fingerprint density at radius 2 is 2.35 bits per heavy atom. The average Bonchev–Trinajstić information content (AvgIpc) is 2.78. The highest BCUT2D eigenvalue weighted by Gasteiger charge is 2.13. The SMILES string of the molecule is O=[N+]([O-])c1ccc(Cl)cc1NCc1cscn1. The summed E-state index contributed by atoms with van der Waals surface area (Å²) in [6, 6.07) is 4.41. The van der Waals surface area contributed by atoms with Gasteiger partial charge in [0.25, 0.3) is 5.69 Å². The molecule has 2 aromatic rings. The summed E-state index contributed by atoms with van der Waals surface area (Å²) in [7, 11) is 0. The number of nitrogens with one attached hydrogen (secondary N) is 1. The molecule has 5 nitrogen and oxygen atoms in total. The number of aromatic nitrogens is 1. The van der Waals surface area contributed by atoms with Gasteiger partial charge in [-0.05, 0) is 12.1 Å². The van der Waals surface area contributed by atoms with E-state index in [9.17, 15) is 10.1 Å². The van der Waals surface area contributed by atoms with Crippen molar-refractivity contribution in [1.82, 2.24) is 4.98 Å². The van der Waals surface area contributed by atoms with Crippen LogP contribution in [0.15, 0.2) is 29.1 Å².